The summed E-state index contributed by atoms with van der Waals surface area (Å²) >= 11 is 0. The van der Waals surface area contributed by atoms with Crippen LogP contribution in [0.3, 0.4) is 0 Å². The lowest BCUT2D eigenvalue weighted by molar-refractivity contribution is 0.0312. The normalized spacial score (nSPS) is 12.0. The molecule has 0 aliphatic heterocycles. The monoisotopic (exact) mass is 340 g/mol. The van der Waals surface area contributed by atoms with Gasteiger partial charge >= 0.3 is 7.82 Å². The van der Waals surface area contributed by atoms with Gasteiger partial charge in [0, 0.05) is 6.61 Å². The molecule has 0 atom stereocenters. The predicted molar refractivity (Wildman–Crippen MR) is 86.9 cm³/mol. The highest BCUT2D eigenvalue weighted by atomic mass is 31.2. The molecule has 0 unspecified atom stereocenters. The summed E-state index contributed by atoms with van der Waals surface area (Å²) in [7, 11) is -4.37. The van der Waals surface area contributed by atoms with Crippen molar-refractivity contribution in [1.82, 2.24) is 0 Å². The lowest BCUT2D eigenvalue weighted by Gasteiger charge is -2.07. The fraction of sp³-hybridized carbons (Fsp3) is 1.00. The zero-order chi connectivity index (χ0) is 16.5. The van der Waals surface area contributed by atoms with Crippen molar-refractivity contribution >= 4 is 7.82 Å². The summed E-state index contributed by atoms with van der Waals surface area (Å²) in [6, 6.07) is 0. The molecular weight excluding hydrogens is 307 g/mol. The molecular formula is C15H33O6P. The molecule has 0 aromatic heterocycles. The van der Waals surface area contributed by atoms with Crippen molar-refractivity contribution < 1.29 is 28.3 Å². The minimum Gasteiger partial charge on any atom is -0.379 e. The largest absolute Gasteiger partial charge is 0.469 e. The van der Waals surface area contributed by atoms with Crippen LogP contribution in [0.5, 0.6) is 0 Å². The Balaban J connectivity index is 3.01. The van der Waals surface area contributed by atoms with Crippen molar-refractivity contribution in [3.8, 4) is 0 Å². The van der Waals surface area contributed by atoms with Gasteiger partial charge in [-0.3, -0.25) is 4.52 Å². The molecule has 0 heterocycles. The number of unbranched alkanes of at least 4 members (excludes halogenated alkanes) is 8. The van der Waals surface area contributed by atoms with Crippen LogP contribution in [-0.4, -0.2) is 42.8 Å². The van der Waals surface area contributed by atoms with Crippen molar-refractivity contribution in [2.45, 2.75) is 64.7 Å². The van der Waals surface area contributed by atoms with Gasteiger partial charge in [0.25, 0.3) is 0 Å². The average Bonchev–Trinajstić information content (AvgIpc) is 2.45. The van der Waals surface area contributed by atoms with E-state index in [4.69, 9.17) is 19.3 Å². The van der Waals surface area contributed by atoms with E-state index in [2.05, 4.69) is 11.4 Å². The highest BCUT2D eigenvalue weighted by Crippen LogP contribution is 2.35. The molecule has 6 nitrogen and oxygen atoms in total. The van der Waals surface area contributed by atoms with E-state index in [1.54, 1.807) is 0 Å². The lowest BCUT2D eigenvalue weighted by atomic mass is 10.1. The highest BCUT2D eigenvalue weighted by Gasteiger charge is 2.12. The average molecular weight is 340 g/mol. The summed E-state index contributed by atoms with van der Waals surface area (Å²) in [5, 5.41) is 0. The number of rotatable bonds is 17. The van der Waals surface area contributed by atoms with Gasteiger partial charge in [-0.05, 0) is 6.42 Å². The minimum atomic E-state index is -4.37. The molecule has 0 aromatic carbocycles. The van der Waals surface area contributed by atoms with Crippen LogP contribution >= 0.6 is 7.82 Å². The Labute approximate surface area is 134 Å². The maximum Gasteiger partial charge on any atom is 0.469 e. The van der Waals surface area contributed by atoms with Crippen molar-refractivity contribution in [1.29, 1.82) is 0 Å². The standard InChI is InChI=1S/C15H33O6P/c1-2-3-4-5-6-7-8-9-10-11-19-12-13-20-14-15-21-22(16,17)18/h2-15H2,1H3,(H2,16,17,18). The highest BCUT2D eigenvalue weighted by molar-refractivity contribution is 7.46. The molecule has 0 aliphatic rings. The molecule has 0 aliphatic carbocycles. The van der Waals surface area contributed by atoms with Crippen molar-refractivity contribution in [2.24, 2.45) is 0 Å². The Hall–Kier alpha value is 0.0300. The third-order valence-corrected chi connectivity index (χ3v) is 3.77. The van der Waals surface area contributed by atoms with Crippen LogP contribution in [0, 0.1) is 0 Å². The quantitative estimate of drug-likeness (QED) is 0.310. The van der Waals surface area contributed by atoms with E-state index in [9.17, 15) is 4.57 Å². The predicted octanol–water partition coefficient (Wildman–Crippen LogP) is 3.66. The molecule has 2 N–H and O–H groups in total. The van der Waals surface area contributed by atoms with E-state index in [-0.39, 0.29) is 13.2 Å². The molecule has 0 rings (SSSR count). The molecule has 0 saturated carbocycles. The van der Waals surface area contributed by atoms with Gasteiger partial charge in [-0.1, -0.05) is 58.3 Å². The van der Waals surface area contributed by atoms with Gasteiger partial charge in [-0.25, -0.2) is 4.57 Å². The summed E-state index contributed by atoms with van der Waals surface area (Å²) < 4.78 is 25.2. The Kier molecular flexibility index (Phi) is 15.9. The van der Waals surface area contributed by atoms with Crippen molar-refractivity contribution in [3.63, 3.8) is 0 Å². The zero-order valence-electron chi connectivity index (χ0n) is 13.9. The summed E-state index contributed by atoms with van der Waals surface area (Å²) in [6.45, 7) is 3.96. The summed E-state index contributed by atoms with van der Waals surface area (Å²) in [5.74, 6) is 0. The van der Waals surface area contributed by atoms with Crippen LogP contribution in [0.2, 0.25) is 0 Å². The lowest BCUT2D eigenvalue weighted by Crippen LogP contribution is -2.09. The van der Waals surface area contributed by atoms with Crippen LogP contribution in [0.4, 0.5) is 0 Å². The van der Waals surface area contributed by atoms with Crippen LogP contribution in [0.25, 0.3) is 0 Å². The van der Waals surface area contributed by atoms with E-state index in [1.165, 1.54) is 51.4 Å². The second-order valence-corrected chi connectivity index (χ2v) is 6.62. The van der Waals surface area contributed by atoms with Gasteiger partial charge in [0.05, 0.1) is 26.4 Å². The van der Waals surface area contributed by atoms with Gasteiger partial charge in [0.2, 0.25) is 0 Å². The minimum absolute atomic E-state index is 0.109. The maximum absolute atomic E-state index is 10.4. The van der Waals surface area contributed by atoms with E-state index in [0.717, 1.165) is 13.0 Å². The number of hydrogen-bond donors (Lipinski definition) is 2. The number of phosphoric ester groups is 1. The first-order chi connectivity index (χ1) is 10.6. The molecule has 0 amide bonds. The van der Waals surface area contributed by atoms with Crippen LogP contribution in [0.15, 0.2) is 0 Å². The fourth-order valence-corrected chi connectivity index (χ4v) is 2.36. The van der Waals surface area contributed by atoms with E-state index < -0.39 is 7.82 Å². The Morgan fingerprint density at radius 1 is 0.682 bits per heavy atom. The molecule has 0 radical (unpaired) electrons. The summed E-state index contributed by atoms with van der Waals surface area (Å²) in [5.41, 5.74) is 0. The van der Waals surface area contributed by atoms with Crippen molar-refractivity contribution in [2.75, 3.05) is 33.0 Å². The van der Waals surface area contributed by atoms with Gasteiger partial charge in [-0.15, -0.1) is 0 Å². The molecule has 0 spiro atoms. The molecule has 0 fully saturated rings. The molecule has 0 saturated heterocycles. The number of hydrogen-bond acceptors (Lipinski definition) is 4. The Morgan fingerprint density at radius 3 is 1.68 bits per heavy atom. The zero-order valence-corrected chi connectivity index (χ0v) is 14.8. The second kappa shape index (κ2) is 15.9. The van der Waals surface area contributed by atoms with Gasteiger partial charge in [0.1, 0.15) is 0 Å². The fourth-order valence-electron chi connectivity index (χ4n) is 2.05. The summed E-state index contributed by atoms with van der Waals surface area (Å²) in [4.78, 5) is 16.9. The molecule has 7 heteroatoms. The number of phosphoric acid groups is 1. The number of ether oxygens (including phenoxy) is 2. The molecule has 22 heavy (non-hydrogen) atoms. The first-order valence-electron chi connectivity index (χ1n) is 8.42. The van der Waals surface area contributed by atoms with Crippen LogP contribution in [0.1, 0.15) is 64.7 Å². The first kappa shape index (κ1) is 22.0. The second-order valence-electron chi connectivity index (χ2n) is 5.38. The first-order valence-corrected chi connectivity index (χ1v) is 9.95. The Bertz CT molecular complexity index is 269. The van der Waals surface area contributed by atoms with Gasteiger partial charge in [0.15, 0.2) is 0 Å². The van der Waals surface area contributed by atoms with E-state index in [0.29, 0.717) is 13.2 Å². The van der Waals surface area contributed by atoms with Crippen molar-refractivity contribution in [3.05, 3.63) is 0 Å². The summed E-state index contributed by atoms with van der Waals surface area (Å²) in [6.07, 6.45) is 11.7. The topological polar surface area (TPSA) is 85.2 Å². The molecule has 0 bridgehead atoms. The van der Waals surface area contributed by atoms with Crippen LogP contribution in [-0.2, 0) is 18.6 Å². The van der Waals surface area contributed by atoms with E-state index in [1.807, 2.05) is 0 Å². The van der Waals surface area contributed by atoms with Crippen LogP contribution < -0.4 is 0 Å². The SMILES string of the molecule is CCCCCCCCCCCOCCOCCOP(=O)(O)O. The van der Waals surface area contributed by atoms with E-state index >= 15 is 0 Å². The smallest absolute Gasteiger partial charge is 0.379 e. The molecule has 0 aromatic rings. The third kappa shape index (κ3) is 20.0. The maximum atomic E-state index is 10.4. The third-order valence-electron chi connectivity index (χ3n) is 3.25. The van der Waals surface area contributed by atoms with Gasteiger partial charge in [-0.2, -0.15) is 0 Å². The van der Waals surface area contributed by atoms with Gasteiger partial charge < -0.3 is 19.3 Å². The molecule has 134 valence electrons. The Morgan fingerprint density at radius 2 is 1.14 bits per heavy atom.